The molecule has 0 aliphatic carbocycles. The molecule has 2 rings (SSSR count). The quantitative estimate of drug-likeness (QED) is 0.476. The van der Waals surface area contributed by atoms with Crippen molar-refractivity contribution in [1.29, 1.82) is 5.26 Å². The maximum absolute atomic E-state index is 12.1. The standard InChI is InChI=1S/C17H14ClN3OS/c1-23-16-4-2-3-15(9-16)20-11-12(10-19)17(22)21-14-7-5-13(18)6-8-14/h2-9,11,20H,1H3,(H,21,22)/b12-11-. The minimum absolute atomic E-state index is 0.0190. The van der Waals surface area contributed by atoms with E-state index < -0.39 is 5.91 Å². The summed E-state index contributed by atoms with van der Waals surface area (Å²) in [5.41, 5.74) is 1.36. The van der Waals surface area contributed by atoms with E-state index in [0.29, 0.717) is 10.7 Å². The van der Waals surface area contributed by atoms with Crippen LogP contribution < -0.4 is 10.6 Å². The van der Waals surface area contributed by atoms with Crippen LogP contribution in [0.3, 0.4) is 0 Å². The summed E-state index contributed by atoms with van der Waals surface area (Å²) in [5, 5.41) is 15.3. The molecule has 0 aliphatic heterocycles. The van der Waals surface area contributed by atoms with Crippen molar-refractivity contribution < 1.29 is 4.79 Å². The van der Waals surface area contributed by atoms with Crippen molar-refractivity contribution in [2.24, 2.45) is 0 Å². The van der Waals surface area contributed by atoms with Gasteiger partial charge in [0.15, 0.2) is 0 Å². The number of nitrogens with zero attached hydrogens (tertiary/aromatic N) is 1. The zero-order chi connectivity index (χ0) is 16.7. The molecule has 0 atom stereocenters. The van der Waals surface area contributed by atoms with Gasteiger partial charge in [0, 0.05) is 27.5 Å². The summed E-state index contributed by atoms with van der Waals surface area (Å²) in [6, 6.07) is 16.3. The lowest BCUT2D eigenvalue weighted by atomic mass is 10.2. The highest BCUT2D eigenvalue weighted by Crippen LogP contribution is 2.19. The highest BCUT2D eigenvalue weighted by Gasteiger charge is 2.09. The van der Waals surface area contributed by atoms with E-state index in [1.54, 1.807) is 36.0 Å². The Kier molecular flexibility index (Phi) is 6.10. The Hall–Kier alpha value is -2.42. The first kappa shape index (κ1) is 16.9. The number of anilines is 2. The Bertz CT molecular complexity index is 766. The van der Waals surface area contributed by atoms with Crippen LogP contribution in [0.1, 0.15) is 0 Å². The molecule has 2 aromatic rings. The number of amides is 1. The lowest BCUT2D eigenvalue weighted by Crippen LogP contribution is -2.14. The van der Waals surface area contributed by atoms with Gasteiger partial charge < -0.3 is 10.6 Å². The topological polar surface area (TPSA) is 64.9 Å². The lowest BCUT2D eigenvalue weighted by Gasteiger charge is -2.06. The number of hydrogen-bond donors (Lipinski definition) is 2. The number of nitrogens with one attached hydrogen (secondary N) is 2. The summed E-state index contributed by atoms with van der Waals surface area (Å²) >= 11 is 7.41. The molecule has 1 amide bonds. The third-order valence-corrected chi connectivity index (χ3v) is 3.90. The van der Waals surface area contributed by atoms with Gasteiger partial charge in [0.1, 0.15) is 11.6 Å². The Balaban J connectivity index is 2.07. The molecule has 6 heteroatoms. The first-order valence-corrected chi connectivity index (χ1v) is 8.30. The van der Waals surface area contributed by atoms with Crippen LogP contribution in [0.25, 0.3) is 0 Å². The molecule has 2 N–H and O–H groups in total. The smallest absolute Gasteiger partial charge is 0.267 e. The number of hydrogen-bond acceptors (Lipinski definition) is 4. The predicted molar refractivity (Wildman–Crippen MR) is 95.6 cm³/mol. The molecule has 4 nitrogen and oxygen atoms in total. The third-order valence-electron chi connectivity index (χ3n) is 2.92. The van der Waals surface area contributed by atoms with Crippen molar-refractivity contribution in [3.8, 4) is 6.07 Å². The van der Waals surface area contributed by atoms with E-state index in [9.17, 15) is 4.79 Å². The average Bonchev–Trinajstić information content (AvgIpc) is 2.57. The van der Waals surface area contributed by atoms with Crippen LogP contribution in [0.4, 0.5) is 11.4 Å². The van der Waals surface area contributed by atoms with Crippen LogP contribution >= 0.6 is 23.4 Å². The maximum Gasteiger partial charge on any atom is 0.267 e. The summed E-state index contributed by atoms with van der Waals surface area (Å²) in [6.45, 7) is 0. The second-order valence-electron chi connectivity index (χ2n) is 4.51. The van der Waals surface area contributed by atoms with Crippen molar-refractivity contribution >= 4 is 40.6 Å². The second kappa shape index (κ2) is 8.28. The molecular weight excluding hydrogens is 330 g/mol. The van der Waals surface area contributed by atoms with Crippen molar-refractivity contribution in [3.05, 3.63) is 65.3 Å². The fraction of sp³-hybridized carbons (Fsp3) is 0.0588. The molecule has 0 radical (unpaired) electrons. The summed E-state index contributed by atoms with van der Waals surface area (Å²) in [5.74, 6) is -0.483. The van der Waals surface area contributed by atoms with E-state index in [1.807, 2.05) is 36.6 Å². The number of benzene rings is 2. The van der Waals surface area contributed by atoms with Crippen molar-refractivity contribution in [1.82, 2.24) is 0 Å². The number of nitriles is 1. The molecule has 2 aromatic carbocycles. The fourth-order valence-corrected chi connectivity index (χ4v) is 2.33. The second-order valence-corrected chi connectivity index (χ2v) is 5.82. The van der Waals surface area contributed by atoms with Gasteiger partial charge >= 0.3 is 0 Å². The third kappa shape index (κ3) is 5.06. The average molecular weight is 344 g/mol. The molecule has 0 spiro atoms. The van der Waals surface area contributed by atoms with Gasteiger partial charge in [-0.15, -0.1) is 11.8 Å². The molecule has 0 heterocycles. The van der Waals surface area contributed by atoms with Gasteiger partial charge in [0.2, 0.25) is 0 Å². The van der Waals surface area contributed by atoms with Crippen LogP contribution in [-0.2, 0) is 4.79 Å². The van der Waals surface area contributed by atoms with E-state index >= 15 is 0 Å². The molecular formula is C17H14ClN3OS. The van der Waals surface area contributed by atoms with Crippen molar-refractivity contribution in [2.75, 3.05) is 16.9 Å². The first-order valence-electron chi connectivity index (χ1n) is 6.70. The molecule has 0 unspecified atom stereocenters. The minimum atomic E-state index is -0.483. The maximum atomic E-state index is 12.1. The molecule has 0 bridgehead atoms. The van der Waals surface area contributed by atoms with Crippen LogP contribution in [0.5, 0.6) is 0 Å². The number of rotatable bonds is 5. The lowest BCUT2D eigenvalue weighted by molar-refractivity contribution is -0.112. The van der Waals surface area contributed by atoms with Crippen molar-refractivity contribution in [2.45, 2.75) is 4.90 Å². The molecule has 0 saturated heterocycles. The summed E-state index contributed by atoms with van der Waals surface area (Å²) < 4.78 is 0. The molecule has 0 aliphatic rings. The zero-order valence-corrected chi connectivity index (χ0v) is 13.9. The Morgan fingerprint density at radius 2 is 1.96 bits per heavy atom. The van der Waals surface area contributed by atoms with E-state index in [-0.39, 0.29) is 5.57 Å². The Labute approximate surface area is 144 Å². The van der Waals surface area contributed by atoms with E-state index in [1.165, 1.54) is 6.20 Å². The molecule has 0 fully saturated rings. The van der Waals surface area contributed by atoms with Crippen LogP contribution in [0.15, 0.2) is 65.2 Å². The molecule has 116 valence electrons. The van der Waals surface area contributed by atoms with Gasteiger partial charge in [-0.1, -0.05) is 17.7 Å². The monoisotopic (exact) mass is 343 g/mol. The largest absolute Gasteiger partial charge is 0.360 e. The minimum Gasteiger partial charge on any atom is -0.360 e. The van der Waals surface area contributed by atoms with E-state index in [0.717, 1.165) is 10.6 Å². The van der Waals surface area contributed by atoms with Gasteiger partial charge in [-0.05, 0) is 48.7 Å². The fourth-order valence-electron chi connectivity index (χ4n) is 1.75. The summed E-state index contributed by atoms with van der Waals surface area (Å²) in [7, 11) is 0. The Morgan fingerprint density at radius 1 is 1.22 bits per heavy atom. The number of halogens is 1. The van der Waals surface area contributed by atoms with Gasteiger partial charge in [0.05, 0.1) is 0 Å². The van der Waals surface area contributed by atoms with Gasteiger partial charge in [-0.25, -0.2) is 0 Å². The van der Waals surface area contributed by atoms with Crippen molar-refractivity contribution in [3.63, 3.8) is 0 Å². The van der Waals surface area contributed by atoms with Crippen LogP contribution in [0.2, 0.25) is 5.02 Å². The summed E-state index contributed by atoms with van der Waals surface area (Å²) in [6.07, 6.45) is 3.37. The highest BCUT2D eigenvalue weighted by atomic mass is 35.5. The predicted octanol–water partition coefficient (Wildman–Crippen LogP) is 4.52. The van der Waals surface area contributed by atoms with E-state index in [4.69, 9.17) is 16.9 Å². The Morgan fingerprint density at radius 3 is 2.61 bits per heavy atom. The first-order chi connectivity index (χ1) is 11.1. The summed E-state index contributed by atoms with van der Waals surface area (Å²) in [4.78, 5) is 13.2. The normalized spacial score (nSPS) is 10.7. The SMILES string of the molecule is CSc1cccc(N/C=C(/C#N)C(=O)Nc2ccc(Cl)cc2)c1. The molecule has 23 heavy (non-hydrogen) atoms. The highest BCUT2D eigenvalue weighted by molar-refractivity contribution is 7.98. The van der Waals surface area contributed by atoms with E-state index in [2.05, 4.69) is 10.6 Å². The number of thioether (sulfide) groups is 1. The van der Waals surface area contributed by atoms with Crippen LogP contribution in [-0.4, -0.2) is 12.2 Å². The molecule has 0 saturated carbocycles. The van der Waals surface area contributed by atoms with Gasteiger partial charge in [0.25, 0.3) is 5.91 Å². The van der Waals surface area contributed by atoms with Gasteiger partial charge in [-0.2, -0.15) is 5.26 Å². The van der Waals surface area contributed by atoms with Crippen LogP contribution in [0, 0.1) is 11.3 Å². The van der Waals surface area contributed by atoms with Gasteiger partial charge in [-0.3, -0.25) is 4.79 Å². The number of carbonyl (C=O) groups is 1. The zero-order valence-electron chi connectivity index (χ0n) is 12.3. The molecule has 0 aromatic heterocycles. The number of carbonyl (C=O) groups excluding carboxylic acids is 1.